The van der Waals surface area contributed by atoms with Gasteiger partial charge in [-0.2, -0.15) is 5.10 Å². The van der Waals surface area contributed by atoms with Crippen LogP contribution in [0.25, 0.3) is 11.3 Å². The summed E-state index contributed by atoms with van der Waals surface area (Å²) in [7, 11) is 0. The summed E-state index contributed by atoms with van der Waals surface area (Å²) >= 11 is 0. The number of rotatable bonds is 2. The van der Waals surface area contributed by atoms with Crippen molar-refractivity contribution in [2.75, 3.05) is 5.73 Å². The van der Waals surface area contributed by atoms with Crippen LogP contribution in [0.5, 0.6) is 0 Å². The van der Waals surface area contributed by atoms with E-state index in [1.165, 1.54) is 12.1 Å². The fourth-order valence-electron chi connectivity index (χ4n) is 1.66. The van der Waals surface area contributed by atoms with E-state index in [1.807, 2.05) is 6.92 Å². The van der Waals surface area contributed by atoms with Gasteiger partial charge in [0.1, 0.15) is 5.82 Å². The molecular weight excluding hydrogens is 212 g/mol. The maximum Gasteiger partial charge on any atom is 0.168 e. The Kier molecular flexibility index (Phi) is 2.60. The molecule has 5 heteroatoms. The largest absolute Gasteiger partial charge is 0.382 e. The van der Waals surface area contributed by atoms with Gasteiger partial charge < -0.3 is 5.73 Å². The molecule has 3 N–H and O–H groups in total. The molecule has 16 heavy (non-hydrogen) atoms. The van der Waals surface area contributed by atoms with Gasteiger partial charge in [-0.05, 0) is 18.6 Å². The average molecular weight is 223 g/mol. The van der Waals surface area contributed by atoms with Crippen LogP contribution in [0.4, 0.5) is 14.6 Å². The summed E-state index contributed by atoms with van der Waals surface area (Å²) in [5, 5.41) is 6.43. The minimum atomic E-state index is -0.888. The van der Waals surface area contributed by atoms with Crippen LogP contribution in [0, 0.1) is 11.6 Å². The van der Waals surface area contributed by atoms with E-state index >= 15 is 0 Å². The van der Waals surface area contributed by atoms with E-state index in [0.717, 1.165) is 6.07 Å². The number of nitrogens with one attached hydrogen (secondary N) is 1. The van der Waals surface area contributed by atoms with Gasteiger partial charge in [0.15, 0.2) is 11.6 Å². The lowest BCUT2D eigenvalue weighted by Crippen LogP contribution is -1.94. The molecule has 0 fully saturated rings. The third-order valence-electron chi connectivity index (χ3n) is 2.47. The van der Waals surface area contributed by atoms with Crippen molar-refractivity contribution in [2.24, 2.45) is 0 Å². The molecule has 0 radical (unpaired) electrons. The zero-order valence-electron chi connectivity index (χ0n) is 8.72. The Morgan fingerprint density at radius 1 is 1.38 bits per heavy atom. The van der Waals surface area contributed by atoms with Crippen molar-refractivity contribution in [3.63, 3.8) is 0 Å². The molecule has 0 saturated carbocycles. The number of H-pyrrole nitrogens is 1. The second kappa shape index (κ2) is 3.92. The van der Waals surface area contributed by atoms with E-state index < -0.39 is 11.6 Å². The molecule has 0 spiro atoms. The van der Waals surface area contributed by atoms with E-state index in [0.29, 0.717) is 23.5 Å². The van der Waals surface area contributed by atoms with Gasteiger partial charge in [-0.25, -0.2) is 8.78 Å². The number of benzene rings is 1. The van der Waals surface area contributed by atoms with Crippen LogP contribution < -0.4 is 5.73 Å². The number of nitrogens with two attached hydrogens (primary N) is 1. The smallest absolute Gasteiger partial charge is 0.168 e. The number of hydrogen-bond acceptors (Lipinski definition) is 2. The normalized spacial score (nSPS) is 10.7. The highest BCUT2D eigenvalue weighted by molar-refractivity contribution is 5.68. The Balaban J connectivity index is 2.63. The first-order valence-corrected chi connectivity index (χ1v) is 4.92. The lowest BCUT2D eigenvalue weighted by molar-refractivity contribution is 0.511. The second-order valence-corrected chi connectivity index (χ2v) is 3.42. The number of nitrogen functional groups attached to an aromatic ring is 1. The number of anilines is 1. The van der Waals surface area contributed by atoms with Crippen LogP contribution in [-0.4, -0.2) is 10.2 Å². The first-order chi connectivity index (χ1) is 7.65. The molecule has 1 aromatic carbocycles. The number of halogens is 2. The standard InChI is InChI=1S/C11H11F2N3/c1-2-6-10(15-16-11(6)14)7-4-3-5-8(12)9(7)13/h3-5H,2H2,1H3,(H3,14,15,16). The lowest BCUT2D eigenvalue weighted by atomic mass is 10.1. The third-order valence-corrected chi connectivity index (χ3v) is 2.47. The van der Waals surface area contributed by atoms with Crippen molar-refractivity contribution < 1.29 is 8.78 Å². The summed E-state index contributed by atoms with van der Waals surface area (Å²) in [5.74, 6) is -1.45. The lowest BCUT2D eigenvalue weighted by Gasteiger charge is -2.03. The number of nitrogens with zero attached hydrogens (tertiary/aromatic N) is 1. The molecular formula is C11H11F2N3. The summed E-state index contributed by atoms with van der Waals surface area (Å²) in [6, 6.07) is 4.01. The van der Waals surface area contributed by atoms with Gasteiger partial charge in [0, 0.05) is 11.1 Å². The van der Waals surface area contributed by atoms with E-state index in [9.17, 15) is 8.78 Å². The molecule has 0 unspecified atom stereocenters. The third kappa shape index (κ3) is 1.54. The van der Waals surface area contributed by atoms with Gasteiger partial charge in [-0.3, -0.25) is 5.10 Å². The van der Waals surface area contributed by atoms with Crippen LogP contribution in [0.2, 0.25) is 0 Å². The highest BCUT2D eigenvalue weighted by atomic mass is 19.2. The molecule has 84 valence electrons. The summed E-state index contributed by atoms with van der Waals surface area (Å²) in [5.41, 5.74) is 6.91. The van der Waals surface area contributed by atoms with Crippen molar-refractivity contribution in [3.05, 3.63) is 35.4 Å². The number of hydrogen-bond donors (Lipinski definition) is 2. The second-order valence-electron chi connectivity index (χ2n) is 3.42. The molecule has 1 aromatic heterocycles. The SMILES string of the molecule is CCc1c(N)n[nH]c1-c1cccc(F)c1F. The number of aromatic amines is 1. The molecule has 3 nitrogen and oxygen atoms in total. The Labute approximate surface area is 91.3 Å². The summed E-state index contributed by atoms with van der Waals surface area (Å²) in [6.45, 7) is 1.88. The van der Waals surface area contributed by atoms with E-state index in [2.05, 4.69) is 10.2 Å². The topological polar surface area (TPSA) is 54.7 Å². The summed E-state index contributed by atoms with van der Waals surface area (Å²) in [6.07, 6.45) is 0.605. The fraction of sp³-hybridized carbons (Fsp3) is 0.182. The predicted molar refractivity (Wildman–Crippen MR) is 57.7 cm³/mol. The molecule has 0 bridgehead atoms. The van der Waals surface area contributed by atoms with E-state index in [-0.39, 0.29) is 5.56 Å². The van der Waals surface area contributed by atoms with Crippen LogP contribution in [0.15, 0.2) is 18.2 Å². The van der Waals surface area contributed by atoms with Crippen molar-refractivity contribution in [2.45, 2.75) is 13.3 Å². The van der Waals surface area contributed by atoms with Gasteiger partial charge in [0.25, 0.3) is 0 Å². The quantitative estimate of drug-likeness (QED) is 0.821. The Morgan fingerprint density at radius 2 is 2.12 bits per heavy atom. The average Bonchev–Trinajstić information content (AvgIpc) is 2.63. The predicted octanol–water partition coefficient (Wildman–Crippen LogP) is 2.50. The molecule has 1 heterocycles. The van der Waals surface area contributed by atoms with Gasteiger partial charge in [-0.1, -0.05) is 13.0 Å². The van der Waals surface area contributed by atoms with Crippen molar-refractivity contribution in [3.8, 4) is 11.3 Å². The molecule has 0 aliphatic rings. The molecule has 2 aromatic rings. The first-order valence-electron chi connectivity index (χ1n) is 4.92. The van der Waals surface area contributed by atoms with E-state index in [1.54, 1.807) is 0 Å². The minimum absolute atomic E-state index is 0.154. The van der Waals surface area contributed by atoms with Gasteiger partial charge in [0.2, 0.25) is 0 Å². The van der Waals surface area contributed by atoms with Crippen LogP contribution >= 0.6 is 0 Å². The van der Waals surface area contributed by atoms with Crippen LogP contribution in [-0.2, 0) is 6.42 Å². The highest BCUT2D eigenvalue weighted by Crippen LogP contribution is 2.28. The molecule has 0 saturated heterocycles. The Hall–Kier alpha value is -1.91. The zero-order valence-corrected chi connectivity index (χ0v) is 8.72. The van der Waals surface area contributed by atoms with Gasteiger partial charge in [0.05, 0.1) is 5.69 Å². The Bertz CT molecular complexity index is 520. The van der Waals surface area contributed by atoms with Crippen molar-refractivity contribution in [1.29, 1.82) is 0 Å². The van der Waals surface area contributed by atoms with Crippen LogP contribution in [0.1, 0.15) is 12.5 Å². The fourth-order valence-corrected chi connectivity index (χ4v) is 1.66. The zero-order chi connectivity index (χ0) is 11.7. The monoisotopic (exact) mass is 223 g/mol. The molecule has 0 aliphatic carbocycles. The van der Waals surface area contributed by atoms with Gasteiger partial charge in [-0.15, -0.1) is 0 Å². The van der Waals surface area contributed by atoms with Gasteiger partial charge >= 0.3 is 0 Å². The number of aromatic nitrogens is 2. The maximum atomic E-state index is 13.5. The summed E-state index contributed by atoms with van der Waals surface area (Å²) in [4.78, 5) is 0. The maximum absolute atomic E-state index is 13.5. The minimum Gasteiger partial charge on any atom is -0.382 e. The highest BCUT2D eigenvalue weighted by Gasteiger charge is 2.16. The first kappa shape index (κ1) is 10.6. The van der Waals surface area contributed by atoms with Crippen molar-refractivity contribution >= 4 is 5.82 Å². The van der Waals surface area contributed by atoms with Crippen molar-refractivity contribution in [1.82, 2.24) is 10.2 Å². The Morgan fingerprint density at radius 3 is 2.81 bits per heavy atom. The van der Waals surface area contributed by atoms with Crippen LogP contribution in [0.3, 0.4) is 0 Å². The van der Waals surface area contributed by atoms with E-state index in [4.69, 9.17) is 5.73 Å². The molecule has 0 atom stereocenters. The molecule has 2 rings (SSSR count). The summed E-state index contributed by atoms with van der Waals surface area (Å²) < 4.78 is 26.6. The molecule has 0 amide bonds. The molecule has 0 aliphatic heterocycles.